The number of nitriles is 1. The molecule has 1 heterocycles. The van der Waals surface area contributed by atoms with E-state index in [-0.39, 0.29) is 6.04 Å². The van der Waals surface area contributed by atoms with Gasteiger partial charge in [0.05, 0.1) is 21.6 Å². The Balaban J connectivity index is 2.22. The van der Waals surface area contributed by atoms with Crippen molar-refractivity contribution in [3.8, 4) is 6.07 Å². The highest BCUT2D eigenvalue weighted by Crippen LogP contribution is 2.30. The second-order valence-electron chi connectivity index (χ2n) is 3.81. The van der Waals surface area contributed by atoms with Crippen LogP contribution in [-0.2, 0) is 0 Å². The second-order valence-corrected chi connectivity index (χ2v) is 6.47. The van der Waals surface area contributed by atoms with Crippen LogP contribution in [-0.4, -0.2) is 0 Å². The van der Waals surface area contributed by atoms with Gasteiger partial charge in [0.1, 0.15) is 6.07 Å². The van der Waals surface area contributed by atoms with Crippen LogP contribution in [0.25, 0.3) is 0 Å². The van der Waals surface area contributed by atoms with Crippen LogP contribution in [0.2, 0.25) is 4.34 Å². The Bertz CT molecular complexity index is 603. The number of thiophene rings is 1. The van der Waals surface area contributed by atoms with Crippen molar-refractivity contribution >= 4 is 44.6 Å². The van der Waals surface area contributed by atoms with Gasteiger partial charge in [0.15, 0.2) is 0 Å². The Labute approximate surface area is 123 Å². The summed E-state index contributed by atoms with van der Waals surface area (Å²) in [4.78, 5) is 1.15. The Morgan fingerprint density at radius 1 is 1.39 bits per heavy atom. The lowest BCUT2D eigenvalue weighted by Crippen LogP contribution is -2.06. The zero-order chi connectivity index (χ0) is 13.1. The number of rotatable bonds is 3. The average Bonchev–Trinajstić information content (AvgIpc) is 2.78. The molecule has 92 valence electrons. The smallest absolute Gasteiger partial charge is 0.101 e. The molecule has 1 N–H and O–H groups in total. The number of halogens is 2. The molecule has 0 bridgehead atoms. The molecular formula is C13H10BrClN2S. The van der Waals surface area contributed by atoms with Gasteiger partial charge in [0.25, 0.3) is 0 Å². The van der Waals surface area contributed by atoms with Crippen molar-refractivity contribution in [1.29, 1.82) is 5.26 Å². The van der Waals surface area contributed by atoms with E-state index in [1.807, 2.05) is 31.2 Å². The third-order valence-corrected chi connectivity index (χ3v) is 4.40. The first-order valence-corrected chi connectivity index (χ1v) is 7.30. The molecule has 1 atom stereocenters. The quantitative estimate of drug-likeness (QED) is 0.832. The van der Waals surface area contributed by atoms with Crippen molar-refractivity contribution in [2.75, 3.05) is 5.32 Å². The predicted octanol–water partition coefficient (Wildman–Crippen LogP) is 5.21. The maximum absolute atomic E-state index is 9.10. The van der Waals surface area contributed by atoms with Gasteiger partial charge in [-0.2, -0.15) is 5.26 Å². The zero-order valence-corrected chi connectivity index (χ0v) is 12.7. The third-order valence-electron chi connectivity index (χ3n) is 2.49. The summed E-state index contributed by atoms with van der Waals surface area (Å²) in [6, 6.07) is 11.8. The van der Waals surface area contributed by atoms with Gasteiger partial charge >= 0.3 is 0 Å². The molecule has 0 amide bonds. The van der Waals surface area contributed by atoms with E-state index in [1.54, 1.807) is 17.4 Å². The van der Waals surface area contributed by atoms with Crippen molar-refractivity contribution < 1.29 is 0 Å². The molecule has 1 aromatic carbocycles. The lowest BCUT2D eigenvalue weighted by molar-refractivity contribution is 0.907. The fourth-order valence-electron chi connectivity index (χ4n) is 1.60. The van der Waals surface area contributed by atoms with Crippen molar-refractivity contribution in [2.45, 2.75) is 13.0 Å². The molecule has 2 rings (SSSR count). The number of hydrogen-bond acceptors (Lipinski definition) is 3. The van der Waals surface area contributed by atoms with Crippen LogP contribution in [0.4, 0.5) is 5.69 Å². The standard InChI is InChI=1S/C13H10BrClN2S/c1-8(12-4-5-13(15)18-12)17-11-3-2-10(14)6-9(11)7-16/h2-6,8,17H,1H3. The summed E-state index contributed by atoms with van der Waals surface area (Å²) < 4.78 is 1.67. The monoisotopic (exact) mass is 340 g/mol. The summed E-state index contributed by atoms with van der Waals surface area (Å²) in [6.45, 7) is 2.05. The number of benzene rings is 1. The van der Waals surface area contributed by atoms with Crippen LogP contribution in [0.3, 0.4) is 0 Å². The van der Waals surface area contributed by atoms with E-state index in [1.165, 1.54) is 0 Å². The topological polar surface area (TPSA) is 35.8 Å². The van der Waals surface area contributed by atoms with Gasteiger partial charge in [-0.15, -0.1) is 11.3 Å². The molecule has 0 spiro atoms. The number of anilines is 1. The molecule has 0 aliphatic heterocycles. The van der Waals surface area contributed by atoms with E-state index in [4.69, 9.17) is 16.9 Å². The molecule has 18 heavy (non-hydrogen) atoms. The first-order valence-electron chi connectivity index (χ1n) is 5.31. The van der Waals surface area contributed by atoms with Crippen molar-refractivity contribution in [3.05, 3.63) is 49.6 Å². The summed E-state index contributed by atoms with van der Waals surface area (Å²) in [7, 11) is 0. The van der Waals surface area contributed by atoms with Gasteiger partial charge in [-0.25, -0.2) is 0 Å². The summed E-state index contributed by atoms with van der Waals surface area (Å²) >= 11 is 10.8. The first kappa shape index (κ1) is 13.4. The maximum atomic E-state index is 9.10. The number of nitrogens with zero attached hydrogens (tertiary/aromatic N) is 1. The minimum Gasteiger partial charge on any atom is -0.377 e. The van der Waals surface area contributed by atoms with Crippen LogP contribution in [0.15, 0.2) is 34.8 Å². The molecule has 2 aromatic rings. The molecule has 5 heteroatoms. The van der Waals surface area contributed by atoms with E-state index in [0.717, 1.165) is 19.4 Å². The predicted molar refractivity (Wildman–Crippen MR) is 80.2 cm³/mol. The highest BCUT2D eigenvalue weighted by atomic mass is 79.9. The molecule has 0 saturated carbocycles. The zero-order valence-electron chi connectivity index (χ0n) is 9.58. The van der Waals surface area contributed by atoms with Gasteiger partial charge in [-0.3, -0.25) is 0 Å². The van der Waals surface area contributed by atoms with Gasteiger partial charge in [-0.1, -0.05) is 27.5 Å². The second kappa shape index (κ2) is 5.75. The van der Waals surface area contributed by atoms with Crippen LogP contribution in [0, 0.1) is 11.3 Å². The molecular weight excluding hydrogens is 332 g/mol. The summed E-state index contributed by atoms with van der Waals surface area (Å²) in [5.74, 6) is 0. The molecule has 0 aliphatic carbocycles. The van der Waals surface area contributed by atoms with E-state index in [2.05, 4.69) is 27.3 Å². The number of nitrogens with one attached hydrogen (secondary N) is 1. The summed E-state index contributed by atoms with van der Waals surface area (Å²) in [6.07, 6.45) is 0. The summed E-state index contributed by atoms with van der Waals surface area (Å²) in [5, 5.41) is 12.4. The number of hydrogen-bond donors (Lipinski definition) is 1. The highest BCUT2D eigenvalue weighted by molar-refractivity contribution is 9.10. The fraction of sp³-hybridized carbons (Fsp3) is 0.154. The molecule has 1 unspecified atom stereocenters. The Morgan fingerprint density at radius 2 is 2.17 bits per heavy atom. The molecule has 0 fully saturated rings. The van der Waals surface area contributed by atoms with Gasteiger partial charge in [0, 0.05) is 9.35 Å². The summed E-state index contributed by atoms with van der Waals surface area (Å²) in [5.41, 5.74) is 1.46. The average molecular weight is 342 g/mol. The highest BCUT2D eigenvalue weighted by Gasteiger charge is 2.10. The Kier molecular flexibility index (Phi) is 4.28. The van der Waals surface area contributed by atoms with Crippen molar-refractivity contribution in [3.63, 3.8) is 0 Å². The SMILES string of the molecule is CC(Nc1ccc(Br)cc1C#N)c1ccc(Cl)s1. The minimum absolute atomic E-state index is 0.121. The Hall–Kier alpha value is -1.02. The van der Waals surface area contributed by atoms with Gasteiger partial charge < -0.3 is 5.32 Å². The maximum Gasteiger partial charge on any atom is 0.101 e. The third kappa shape index (κ3) is 3.05. The lowest BCUT2D eigenvalue weighted by Gasteiger charge is -2.14. The lowest BCUT2D eigenvalue weighted by atomic mass is 10.1. The van der Waals surface area contributed by atoms with Crippen LogP contribution >= 0.6 is 38.9 Å². The minimum atomic E-state index is 0.121. The fourth-order valence-corrected chi connectivity index (χ4v) is 3.02. The van der Waals surface area contributed by atoms with E-state index >= 15 is 0 Å². The van der Waals surface area contributed by atoms with E-state index in [9.17, 15) is 0 Å². The van der Waals surface area contributed by atoms with Crippen LogP contribution in [0.1, 0.15) is 23.4 Å². The molecule has 1 aromatic heterocycles. The molecule has 0 saturated heterocycles. The largest absolute Gasteiger partial charge is 0.377 e. The molecule has 0 aliphatic rings. The van der Waals surface area contributed by atoms with Gasteiger partial charge in [-0.05, 0) is 37.3 Å². The first-order chi connectivity index (χ1) is 8.60. The van der Waals surface area contributed by atoms with Crippen molar-refractivity contribution in [2.24, 2.45) is 0 Å². The van der Waals surface area contributed by atoms with E-state index in [0.29, 0.717) is 5.56 Å². The Morgan fingerprint density at radius 3 is 2.78 bits per heavy atom. The molecule has 0 radical (unpaired) electrons. The van der Waals surface area contributed by atoms with Gasteiger partial charge in [0.2, 0.25) is 0 Å². The molecule has 2 nitrogen and oxygen atoms in total. The van der Waals surface area contributed by atoms with E-state index < -0.39 is 0 Å². The van der Waals surface area contributed by atoms with Crippen LogP contribution in [0.5, 0.6) is 0 Å². The van der Waals surface area contributed by atoms with Crippen LogP contribution < -0.4 is 5.32 Å². The normalized spacial score (nSPS) is 11.9. The van der Waals surface area contributed by atoms with Crippen molar-refractivity contribution in [1.82, 2.24) is 0 Å².